The number of alkyl halides is 2. The van der Waals surface area contributed by atoms with Crippen LogP contribution in [0.15, 0.2) is 60.8 Å². The summed E-state index contributed by atoms with van der Waals surface area (Å²) >= 11 is 0. The molecule has 1 fully saturated rings. The van der Waals surface area contributed by atoms with E-state index in [2.05, 4.69) is 35.0 Å². The van der Waals surface area contributed by atoms with Crippen molar-refractivity contribution in [3.05, 3.63) is 77.7 Å². The van der Waals surface area contributed by atoms with Crippen LogP contribution in [0.5, 0.6) is 11.5 Å². The highest BCUT2D eigenvalue weighted by molar-refractivity contribution is 7.93. The molecule has 2 aromatic heterocycles. The van der Waals surface area contributed by atoms with Gasteiger partial charge >= 0.3 is 11.7 Å². The van der Waals surface area contributed by atoms with Crippen LogP contribution in [0, 0.1) is 5.82 Å². The lowest BCUT2D eigenvalue weighted by Crippen LogP contribution is -2.40. The number of ether oxygens (including phenoxy) is 3. The number of carboxylic acids is 1. The van der Waals surface area contributed by atoms with Gasteiger partial charge in [0.05, 0.1) is 18.4 Å². The number of hydrogen-bond acceptors (Lipinski definition) is 11. The number of nitrogens with one attached hydrogen (secondary N) is 2. The Morgan fingerprint density at radius 1 is 1.07 bits per heavy atom. The number of likely N-dealkylation sites (tertiary alicyclic amines) is 1. The van der Waals surface area contributed by atoms with Crippen LogP contribution in [-0.4, -0.2) is 91.2 Å². The van der Waals surface area contributed by atoms with Crippen molar-refractivity contribution >= 4 is 47.3 Å². The van der Waals surface area contributed by atoms with Gasteiger partial charge < -0.3 is 30.4 Å². The maximum Gasteiger partial charge on any atom is 0.355 e. The number of nitrogens with zero attached hydrogens (tertiary/aromatic N) is 4. The quantitative estimate of drug-likeness (QED) is 0.0611. The number of benzene rings is 2. The van der Waals surface area contributed by atoms with Gasteiger partial charge in [0.2, 0.25) is 0 Å². The Morgan fingerprint density at radius 3 is 2.37 bits per heavy atom. The van der Waals surface area contributed by atoms with E-state index >= 15 is 0 Å². The summed E-state index contributed by atoms with van der Waals surface area (Å²) in [4.78, 5) is 30.6. The average molecular weight is 834 g/mol. The van der Waals surface area contributed by atoms with Crippen molar-refractivity contribution in [2.45, 2.75) is 70.1 Å². The first-order chi connectivity index (χ1) is 26.9. The number of primary amides is 1. The maximum absolute atomic E-state index is 13.6. The van der Waals surface area contributed by atoms with Crippen LogP contribution < -0.4 is 25.2 Å². The number of carbonyl (C=O) groups excluding carboxylic acids is 1. The van der Waals surface area contributed by atoms with Gasteiger partial charge in [0, 0.05) is 33.3 Å². The van der Waals surface area contributed by atoms with Gasteiger partial charge in [-0.05, 0) is 67.8 Å². The van der Waals surface area contributed by atoms with Gasteiger partial charge in [-0.1, -0.05) is 37.8 Å². The summed E-state index contributed by atoms with van der Waals surface area (Å²) < 4.78 is 86.4. The predicted octanol–water partition coefficient (Wildman–Crippen LogP) is 6.27. The minimum Gasteiger partial charge on any atom is -0.489 e. The van der Waals surface area contributed by atoms with E-state index in [1.165, 1.54) is 53.3 Å². The first-order valence-corrected chi connectivity index (χ1v) is 23.3. The predicted molar refractivity (Wildman–Crippen MR) is 210 cm³/mol. The number of piperidine rings is 1. The molecule has 15 nitrogen and oxygen atoms in total. The lowest BCUT2D eigenvalue weighted by molar-refractivity contribution is -0.138. The summed E-state index contributed by atoms with van der Waals surface area (Å²) in [6, 6.07) is 13.4. The van der Waals surface area contributed by atoms with Crippen molar-refractivity contribution in [2.24, 2.45) is 5.73 Å². The number of sulfonamides is 1. The van der Waals surface area contributed by atoms with E-state index in [4.69, 9.17) is 25.1 Å². The van der Waals surface area contributed by atoms with E-state index in [1.54, 1.807) is 19.1 Å². The summed E-state index contributed by atoms with van der Waals surface area (Å²) in [7, 11) is -6.60. The number of carbonyl (C=O) groups is 2. The molecule has 1 unspecified atom stereocenters. The molecule has 1 atom stereocenters. The zero-order chi connectivity index (χ0) is 41.5. The minimum atomic E-state index is -5.13. The SMILES string of the molecule is CC(Oc1cc(-c2nn(COCC[Si](C)(C)C)c(Nc3ccc(OC4CCN(CC(=O)O)CC4)cn3)c2C(N)=O)ccc1NS(=O)(=O)C(F)F)c1ccc(F)cc1. The molecular formula is C37H46F3N7O8SSi. The third-order valence-electron chi connectivity index (χ3n) is 8.97. The Kier molecular flexibility index (Phi) is 13.9. The third-order valence-corrected chi connectivity index (χ3v) is 11.7. The number of halogens is 3. The Balaban J connectivity index is 1.48. The second-order valence-corrected chi connectivity index (χ2v) is 22.0. The van der Waals surface area contributed by atoms with Crippen molar-refractivity contribution in [3.63, 3.8) is 0 Å². The number of carboxylic acid groups (broad SMARTS) is 1. The highest BCUT2D eigenvalue weighted by Crippen LogP contribution is 2.38. The van der Waals surface area contributed by atoms with E-state index in [-0.39, 0.29) is 53.5 Å². The standard InChI is InChI=1S/C37H46F3N7O8SSi/c1-23(24-5-8-26(38)9-6-24)54-30-19-25(7-11-29(30)45-56(51,52)37(39)40)34-33(35(41)50)36(47(44-34)22-53-17-18-57(2,3)4)43-31-12-10-28(20-42-31)55-27-13-15-46(16-14-27)21-32(48)49/h5-12,19-20,23,27,37,45H,13-18,21-22H2,1-4H3,(H2,41,50)(H,42,43)(H,48,49). The van der Waals surface area contributed by atoms with E-state index < -0.39 is 47.7 Å². The molecule has 4 aromatic rings. The number of anilines is 3. The molecule has 5 rings (SSSR count). The second kappa shape index (κ2) is 18.4. The number of pyridine rings is 1. The summed E-state index contributed by atoms with van der Waals surface area (Å²) in [5, 5.41) is 16.8. The van der Waals surface area contributed by atoms with E-state index in [1.807, 2.05) is 9.62 Å². The molecule has 1 aliphatic rings. The van der Waals surface area contributed by atoms with Crippen LogP contribution >= 0.6 is 0 Å². The highest BCUT2D eigenvalue weighted by Gasteiger charge is 2.29. The fraction of sp³-hybridized carbons (Fsp3) is 0.405. The smallest absolute Gasteiger partial charge is 0.355 e. The zero-order valence-electron chi connectivity index (χ0n) is 31.9. The van der Waals surface area contributed by atoms with Crippen molar-refractivity contribution in [2.75, 3.05) is 36.3 Å². The summed E-state index contributed by atoms with van der Waals surface area (Å²) in [6.45, 7) is 9.64. The molecule has 0 aliphatic carbocycles. The van der Waals surface area contributed by atoms with Crippen molar-refractivity contribution in [1.82, 2.24) is 19.7 Å². The minimum absolute atomic E-state index is 0.0244. The van der Waals surface area contributed by atoms with Gasteiger partial charge in [-0.15, -0.1) is 0 Å². The molecule has 0 radical (unpaired) electrons. The summed E-state index contributed by atoms with van der Waals surface area (Å²) in [6.07, 6.45) is 1.85. The first-order valence-electron chi connectivity index (χ1n) is 18.1. The highest BCUT2D eigenvalue weighted by atomic mass is 32.2. The molecular weight excluding hydrogens is 788 g/mol. The topological polar surface area (TPSA) is 200 Å². The Morgan fingerprint density at radius 2 is 1.77 bits per heavy atom. The van der Waals surface area contributed by atoms with Crippen LogP contribution in [0.1, 0.15) is 41.8 Å². The molecule has 0 saturated carbocycles. The van der Waals surface area contributed by atoms with Crippen LogP contribution in [0.2, 0.25) is 25.7 Å². The second-order valence-electron chi connectivity index (χ2n) is 14.7. The molecule has 3 heterocycles. The summed E-state index contributed by atoms with van der Waals surface area (Å²) in [5.74, 6) is -5.29. The van der Waals surface area contributed by atoms with Crippen LogP contribution in [0.25, 0.3) is 11.3 Å². The van der Waals surface area contributed by atoms with Gasteiger partial charge in [0.15, 0.2) is 0 Å². The number of rotatable bonds is 19. The molecule has 0 bridgehead atoms. The van der Waals surface area contributed by atoms with Crippen LogP contribution in [0.3, 0.4) is 0 Å². The zero-order valence-corrected chi connectivity index (χ0v) is 33.7. The Labute approximate surface area is 329 Å². The van der Waals surface area contributed by atoms with Gasteiger partial charge in [-0.2, -0.15) is 13.9 Å². The number of nitrogens with two attached hydrogens (primary N) is 1. The molecule has 1 aliphatic heterocycles. The molecule has 20 heteroatoms. The number of hydrogen-bond donors (Lipinski definition) is 4. The Hall–Kier alpha value is -5.18. The van der Waals surface area contributed by atoms with Gasteiger partial charge in [-0.3, -0.25) is 19.2 Å². The van der Waals surface area contributed by atoms with Crippen molar-refractivity contribution in [3.8, 4) is 22.8 Å². The fourth-order valence-electron chi connectivity index (χ4n) is 5.90. The van der Waals surface area contributed by atoms with E-state index in [0.717, 1.165) is 6.04 Å². The molecule has 308 valence electrons. The van der Waals surface area contributed by atoms with Gasteiger partial charge in [0.25, 0.3) is 15.9 Å². The van der Waals surface area contributed by atoms with Gasteiger partial charge in [-0.25, -0.2) is 22.5 Å². The van der Waals surface area contributed by atoms with E-state index in [9.17, 15) is 31.2 Å². The normalized spacial score (nSPS) is 14.7. The maximum atomic E-state index is 13.6. The lowest BCUT2D eigenvalue weighted by atomic mass is 10.1. The van der Waals surface area contributed by atoms with E-state index in [0.29, 0.717) is 49.7 Å². The number of aliphatic carboxylic acids is 1. The average Bonchev–Trinajstić information content (AvgIpc) is 3.50. The first kappa shape index (κ1) is 42.9. The van der Waals surface area contributed by atoms with Crippen molar-refractivity contribution in [1.29, 1.82) is 0 Å². The molecule has 5 N–H and O–H groups in total. The number of aromatic nitrogens is 3. The lowest BCUT2D eigenvalue weighted by Gasteiger charge is -2.30. The fourth-order valence-corrected chi connectivity index (χ4v) is 7.22. The molecule has 1 amide bonds. The van der Waals surface area contributed by atoms with Crippen LogP contribution in [0.4, 0.5) is 30.5 Å². The molecule has 1 saturated heterocycles. The summed E-state index contributed by atoms with van der Waals surface area (Å²) in [5.41, 5.74) is 6.31. The monoisotopic (exact) mass is 833 g/mol. The van der Waals surface area contributed by atoms with Crippen molar-refractivity contribution < 1.29 is 50.5 Å². The molecule has 0 spiro atoms. The van der Waals surface area contributed by atoms with Gasteiger partial charge in [0.1, 0.15) is 59.1 Å². The Bertz CT molecular complexity index is 2130. The van der Waals surface area contributed by atoms with Crippen LogP contribution in [-0.2, 0) is 26.3 Å². The molecule has 57 heavy (non-hydrogen) atoms. The number of amides is 1. The largest absolute Gasteiger partial charge is 0.489 e. The molecule has 2 aromatic carbocycles. The third kappa shape index (κ3) is 11.9.